The average molecular weight is 402 g/mol. The first-order valence-electron chi connectivity index (χ1n) is 10.5. The van der Waals surface area contributed by atoms with Crippen molar-refractivity contribution in [1.82, 2.24) is 10.6 Å². The van der Waals surface area contributed by atoms with Gasteiger partial charge >= 0.3 is 0 Å². The summed E-state index contributed by atoms with van der Waals surface area (Å²) in [5.41, 5.74) is 2.83. The standard InChI is InChI=1S/C22H24B2N2O4/c1-25-20(28)13-7-11(19(27)26-17-14-9-29-10-15(14)17)8-16-18(13)30-21(23)22(16,24)12-5-3-2-4-6-12/h2-8,14-15,17,21H,9-10,23-24H2,1H3,(H,25,28)(H,26,27)/t14-,15+,17+,21?,22-/m0/s1. The van der Waals surface area contributed by atoms with Crippen LogP contribution in [0.25, 0.3) is 0 Å². The summed E-state index contributed by atoms with van der Waals surface area (Å²) in [7, 11) is 5.70. The van der Waals surface area contributed by atoms with Crippen molar-refractivity contribution in [2.24, 2.45) is 11.8 Å². The van der Waals surface area contributed by atoms with Gasteiger partial charge in [0.05, 0.1) is 24.8 Å². The molecule has 0 bridgehead atoms. The van der Waals surface area contributed by atoms with E-state index in [1.165, 1.54) is 0 Å². The molecule has 2 aromatic carbocycles. The van der Waals surface area contributed by atoms with E-state index in [0.717, 1.165) is 11.1 Å². The van der Waals surface area contributed by atoms with E-state index in [0.29, 0.717) is 41.9 Å². The van der Waals surface area contributed by atoms with Crippen LogP contribution in [-0.2, 0) is 10.1 Å². The number of hydrogen-bond donors (Lipinski definition) is 2. The van der Waals surface area contributed by atoms with Gasteiger partial charge in [0.15, 0.2) is 7.85 Å². The molecule has 2 N–H and O–H groups in total. The molecular formula is C22H24B2N2O4. The molecule has 2 amide bonds. The van der Waals surface area contributed by atoms with Gasteiger partial charge in [0.1, 0.15) is 13.6 Å². The van der Waals surface area contributed by atoms with Crippen molar-refractivity contribution in [3.63, 3.8) is 0 Å². The van der Waals surface area contributed by atoms with Crippen LogP contribution in [-0.4, -0.2) is 59.8 Å². The fraction of sp³-hybridized carbons (Fsp3) is 0.364. The van der Waals surface area contributed by atoms with E-state index in [4.69, 9.17) is 9.47 Å². The number of fused-ring (bicyclic) bond motifs is 2. The number of benzene rings is 2. The normalized spacial score (nSPS) is 30.7. The van der Waals surface area contributed by atoms with Crippen LogP contribution in [0, 0.1) is 11.8 Å². The van der Waals surface area contributed by atoms with Gasteiger partial charge < -0.3 is 20.1 Å². The Labute approximate surface area is 177 Å². The molecule has 6 nitrogen and oxygen atoms in total. The smallest absolute Gasteiger partial charge is 0.254 e. The Kier molecular flexibility index (Phi) is 4.43. The van der Waals surface area contributed by atoms with Crippen LogP contribution in [0.4, 0.5) is 0 Å². The molecule has 0 aromatic heterocycles. The zero-order valence-electron chi connectivity index (χ0n) is 17.4. The fourth-order valence-corrected chi connectivity index (χ4v) is 4.95. The highest BCUT2D eigenvalue weighted by atomic mass is 16.5. The van der Waals surface area contributed by atoms with E-state index in [-0.39, 0.29) is 23.9 Å². The zero-order valence-corrected chi connectivity index (χ0v) is 17.4. The lowest BCUT2D eigenvalue weighted by molar-refractivity contribution is 0.0929. The molecule has 2 aromatic rings. The monoisotopic (exact) mass is 402 g/mol. The van der Waals surface area contributed by atoms with Gasteiger partial charge in [-0.25, -0.2) is 0 Å². The molecule has 0 radical (unpaired) electrons. The molecule has 2 aliphatic heterocycles. The number of ether oxygens (including phenoxy) is 2. The van der Waals surface area contributed by atoms with Gasteiger partial charge in [-0.05, 0) is 17.7 Å². The lowest BCUT2D eigenvalue weighted by atomic mass is 9.53. The summed E-state index contributed by atoms with van der Waals surface area (Å²) in [6.07, 6.45) is 0. The average Bonchev–Trinajstić information content (AvgIpc) is 3.09. The van der Waals surface area contributed by atoms with Crippen molar-refractivity contribution in [3.05, 3.63) is 64.7 Å². The van der Waals surface area contributed by atoms with Crippen LogP contribution in [0.1, 0.15) is 31.8 Å². The summed E-state index contributed by atoms with van der Waals surface area (Å²) >= 11 is 0. The van der Waals surface area contributed by atoms with Crippen molar-refractivity contribution in [2.75, 3.05) is 20.3 Å². The first kappa shape index (κ1) is 19.2. The third kappa shape index (κ3) is 2.77. The molecule has 1 saturated heterocycles. The molecule has 152 valence electrons. The molecule has 5 atom stereocenters. The Morgan fingerprint density at radius 3 is 2.47 bits per heavy atom. The number of rotatable bonds is 4. The van der Waals surface area contributed by atoms with Crippen molar-refractivity contribution in [2.45, 2.75) is 17.4 Å². The predicted octanol–water partition coefficient (Wildman–Crippen LogP) is -0.351. The Balaban J connectivity index is 1.57. The summed E-state index contributed by atoms with van der Waals surface area (Å²) < 4.78 is 11.6. The van der Waals surface area contributed by atoms with E-state index in [1.807, 2.05) is 32.1 Å². The lowest BCUT2D eigenvalue weighted by Crippen LogP contribution is -2.40. The van der Waals surface area contributed by atoms with E-state index in [2.05, 4.69) is 30.6 Å². The quantitative estimate of drug-likeness (QED) is 0.686. The molecule has 2 fully saturated rings. The molecule has 0 spiro atoms. The maximum Gasteiger partial charge on any atom is 0.254 e. The Hall–Kier alpha value is -2.73. The largest absolute Gasteiger partial charge is 0.498 e. The van der Waals surface area contributed by atoms with Crippen LogP contribution in [0.15, 0.2) is 42.5 Å². The van der Waals surface area contributed by atoms with Gasteiger partial charge in [0.2, 0.25) is 0 Å². The van der Waals surface area contributed by atoms with Gasteiger partial charge in [-0.1, -0.05) is 30.3 Å². The van der Waals surface area contributed by atoms with Crippen molar-refractivity contribution in [3.8, 4) is 5.75 Å². The van der Waals surface area contributed by atoms with Gasteiger partial charge in [-0.15, -0.1) is 0 Å². The second kappa shape index (κ2) is 6.91. The zero-order chi connectivity index (χ0) is 21.0. The third-order valence-electron chi connectivity index (χ3n) is 7.11. The second-order valence-electron chi connectivity index (χ2n) is 8.67. The Morgan fingerprint density at radius 1 is 1.10 bits per heavy atom. The highest BCUT2D eigenvalue weighted by Crippen LogP contribution is 2.47. The summed E-state index contributed by atoms with van der Waals surface area (Å²) in [5.74, 6) is 0.973. The predicted molar refractivity (Wildman–Crippen MR) is 118 cm³/mol. The summed E-state index contributed by atoms with van der Waals surface area (Å²) in [4.78, 5) is 25.8. The SMILES string of the molecule is BC1Oc2c(C(=O)NC)cc(C(=O)N[C@H]3[C@@H]4COC[C@@H]43)cc2[C@@]1(B)c1ccccc1. The molecule has 1 unspecified atom stereocenters. The first-order valence-corrected chi connectivity index (χ1v) is 10.5. The van der Waals surface area contributed by atoms with Gasteiger partial charge in [0, 0.05) is 41.4 Å². The molecule has 8 heteroatoms. The minimum Gasteiger partial charge on any atom is -0.498 e. The molecule has 2 heterocycles. The van der Waals surface area contributed by atoms with Crippen LogP contribution in [0.3, 0.4) is 0 Å². The van der Waals surface area contributed by atoms with Gasteiger partial charge in [-0.2, -0.15) is 0 Å². The van der Waals surface area contributed by atoms with Crippen LogP contribution in [0.2, 0.25) is 0 Å². The van der Waals surface area contributed by atoms with Crippen molar-refractivity contribution < 1.29 is 19.1 Å². The van der Waals surface area contributed by atoms with Crippen molar-refractivity contribution in [1.29, 1.82) is 0 Å². The van der Waals surface area contributed by atoms with Crippen LogP contribution in [0.5, 0.6) is 5.75 Å². The maximum absolute atomic E-state index is 13.1. The topological polar surface area (TPSA) is 76.7 Å². The van der Waals surface area contributed by atoms with Crippen LogP contribution < -0.4 is 15.4 Å². The first-order chi connectivity index (χ1) is 14.4. The van der Waals surface area contributed by atoms with Gasteiger partial charge in [-0.3, -0.25) is 9.59 Å². The molecule has 30 heavy (non-hydrogen) atoms. The van der Waals surface area contributed by atoms with E-state index >= 15 is 0 Å². The highest BCUT2D eigenvalue weighted by Gasteiger charge is 2.55. The maximum atomic E-state index is 13.1. The Bertz CT molecular complexity index is 1020. The fourth-order valence-electron chi connectivity index (χ4n) is 4.95. The number of nitrogens with one attached hydrogen (secondary N) is 2. The summed E-state index contributed by atoms with van der Waals surface area (Å²) in [5, 5.41) is 5.34. The lowest BCUT2D eigenvalue weighted by Gasteiger charge is -2.29. The van der Waals surface area contributed by atoms with E-state index < -0.39 is 5.31 Å². The minimum atomic E-state index is -0.473. The minimum absolute atomic E-state index is 0.155. The van der Waals surface area contributed by atoms with E-state index in [1.54, 1.807) is 13.1 Å². The number of amides is 2. The third-order valence-corrected chi connectivity index (χ3v) is 7.11. The summed E-state index contributed by atoms with van der Waals surface area (Å²) in [6.45, 7) is 1.42. The molecular weight excluding hydrogens is 378 g/mol. The van der Waals surface area contributed by atoms with Gasteiger partial charge in [0.25, 0.3) is 11.8 Å². The number of carbonyl (C=O) groups is 2. The molecule has 1 aliphatic carbocycles. The highest BCUT2D eigenvalue weighted by molar-refractivity contribution is 6.27. The summed E-state index contributed by atoms with van der Waals surface area (Å²) in [6, 6.07) is 13.6. The molecule has 3 aliphatic rings. The number of hydrogen-bond acceptors (Lipinski definition) is 4. The van der Waals surface area contributed by atoms with Crippen molar-refractivity contribution >= 4 is 27.5 Å². The van der Waals surface area contributed by atoms with E-state index in [9.17, 15) is 9.59 Å². The Morgan fingerprint density at radius 2 is 1.80 bits per heavy atom. The molecule has 1 saturated carbocycles. The molecule has 5 rings (SSSR count). The number of carbonyl (C=O) groups excluding carboxylic acids is 2. The van der Waals surface area contributed by atoms with Crippen LogP contribution >= 0.6 is 0 Å². The second-order valence-corrected chi connectivity index (χ2v) is 8.67.